The van der Waals surface area contributed by atoms with Crippen LogP contribution in [0.2, 0.25) is 0 Å². The van der Waals surface area contributed by atoms with Crippen LogP contribution in [0.3, 0.4) is 0 Å². The molecular weight excluding hydrogens is 417 g/mol. The third-order valence-electron chi connectivity index (χ3n) is 4.13. The molecule has 1 heterocycles. The molecule has 0 spiro atoms. The maximum atomic E-state index is 13.4. The summed E-state index contributed by atoms with van der Waals surface area (Å²) >= 11 is 1.17. The fraction of sp³-hybridized carbons (Fsp3) is 0.273. The van der Waals surface area contributed by atoms with Gasteiger partial charge in [0, 0.05) is 16.8 Å². The van der Waals surface area contributed by atoms with E-state index in [1.807, 2.05) is 51.1 Å². The van der Waals surface area contributed by atoms with Gasteiger partial charge in [0.15, 0.2) is 11.0 Å². The van der Waals surface area contributed by atoms with Crippen molar-refractivity contribution < 1.29 is 14.0 Å². The number of carbonyl (C=O) groups is 2. The summed E-state index contributed by atoms with van der Waals surface area (Å²) in [5, 5.41) is 13.4. The Kier molecular flexibility index (Phi) is 6.74. The van der Waals surface area contributed by atoms with E-state index in [9.17, 15) is 14.0 Å². The molecule has 7 nitrogen and oxygen atoms in total. The lowest BCUT2D eigenvalue weighted by Crippen LogP contribution is -2.49. The number of aromatic nitrogens is 3. The van der Waals surface area contributed by atoms with Gasteiger partial charge < -0.3 is 5.32 Å². The van der Waals surface area contributed by atoms with Crippen molar-refractivity contribution in [1.29, 1.82) is 0 Å². The monoisotopic (exact) mass is 441 g/mol. The molecule has 0 aliphatic carbocycles. The van der Waals surface area contributed by atoms with Crippen molar-refractivity contribution >= 4 is 23.7 Å². The van der Waals surface area contributed by atoms with Gasteiger partial charge in [-0.1, -0.05) is 30.0 Å². The Morgan fingerprint density at radius 3 is 2.29 bits per heavy atom. The first-order valence-electron chi connectivity index (χ1n) is 9.70. The number of rotatable bonds is 5. The number of benzene rings is 2. The minimum atomic E-state index is -0.613. The van der Waals surface area contributed by atoms with Gasteiger partial charge in [0.1, 0.15) is 5.82 Å². The second kappa shape index (κ2) is 9.30. The molecule has 1 unspecified atom stereocenters. The number of imide groups is 1. The van der Waals surface area contributed by atoms with Crippen LogP contribution in [-0.2, 0) is 4.79 Å². The van der Waals surface area contributed by atoms with E-state index in [2.05, 4.69) is 20.8 Å². The van der Waals surface area contributed by atoms with Gasteiger partial charge in [0.2, 0.25) is 5.91 Å². The number of para-hydroxylation sites is 1. The summed E-state index contributed by atoms with van der Waals surface area (Å²) in [6, 6.07) is 14.8. The first-order valence-corrected chi connectivity index (χ1v) is 10.6. The molecule has 162 valence electrons. The van der Waals surface area contributed by atoms with E-state index in [1.165, 1.54) is 23.9 Å². The van der Waals surface area contributed by atoms with Gasteiger partial charge in [0.25, 0.3) is 0 Å². The second-order valence-electron chi connectivity index (χ2n) is 7.94. The van der Waals surface area contributed by atoms with Crippen molar-refractivity contribution in [2.75, 3.05) is 0 Å². The highest BCUT2D eigenvalue weighted by Crippen LogP contribution is 2.30. The standard InChI is InChI=1S/C22H24FN5O2S/c1-14(19(29)24-20(30)25-22(2,3)4)31-21-27-26-18(15-10-12-16(23)13-11-15)28(21)17-8-6-5-7-9-17/h5-14H,1-4H3,(H2,24,25,29,30). The van der Waals surface area contributed by atoms with Gasteiger partial charge in [-0.2, -0.15) is 0 Å². The Morgan fingerprint density at radius 1 is 1.03 bits per heavy atom. The predicted octanol–water partition coefficient (Wildman–Crippen LogP) is 4.18. The summed E-state index contributed by atoms with van der Waals surface area (Å²) in [5.74, 6) is -0.271. The number of hydrogen-bond donors (Lipinski definition) is 2. The largest absolute Gasteiger partial charge is 0.333 e. The van der Waals surface area contributed by atoms with Crippen LogP contribution in [-0.4, -0.2) is 37.5 Å². The number of hydrogen-bond acceptors (Lipinski definition) is 5. The van der Waals surface area contributed by atoms with Gasteiger partial charge in [-0.15, -0.1) is 10.2 Å². The molecule has 0 bridgehead atoms. The molecule has 0 radical (unpaired) electrons. The quantitative estimate of drug-likeness (QED) is 0.580. The SMILES string of the molecule is CC(Sc1nnc(-c2ccc(F)cc2)n1-c1ccccc1)C(=O)NC(=O)NC(C)(C)C. The lowest BCUT2D eigenvalue weighted by molar-refractivity contribution is -0.119. The average Bonchev–Trinajstić information content (AvgIpc) is 3.11. The molecule has 1 atom stereocenters. The van der Waals surface area contributed by atoms with E-state index in [0.717, 1.165) is 5.69 Å². The lowest BCUT2D eigenvalue weighted by atomic mass is 10.1. The molecule has 2 aromatic carbocycles. The Bertz CT molecular complexity index is 1060. The third-order valence-corrected chi connectivity index (χ3v) is 5.17. The molecule has 31 heavy (non-hydrogen) atoms. The smallest absolute Gasteiger partial charge is 0.321 e. The molecule has 9 heteroatoms. The summed E-state index contributed by atoms with van der Waals surface area (Å²) in [4.78, 5) is 24.5. The minimum Gasteiger partial charge on any atom is -0.333 e. The summed E-state index contributed by atoms with van der Waals surface area (Å²) in [6.07, 6.45) is 0. The minimum absolute atomic E-state index is 0.344. The van der Waals surface area contributed by atoms with Crippen LogP contribution >= 0.6 is 11.8 Å². The number of thioether (sulfide) groups is 1. The van der Waals surface area contributed by atoms with Gasteiger partial charge in [-0.05, 0) is 64.1 Å². The number of amides is 3. The number of carbonyl (C=O) groups excluding carboxylic acids is 2. The third kappa shape index (κ3) is 5.91. The molecule has 3 rings (SSSR count). The molecular formula is C22H24FN5O2S. The van der Waals surface area contributed by atoms with Crippen LogP contribution < -0.4 is 10.6 Å². The lowest BCUT2D eigenvalue weighted by Gasteiger charge is -2.21. The van der Waals surface area contributed by atoms with Crippen LogP contribution in [0.1, 0.15) is 27.7 Å². The number of halogens is 1. The van der Waals surface area contributed by atoms with Crippen molar-refractivity contribution in [2.24, 2.45) is 0 Å². The number of nitrogens with zero attached hydrogens (tertiary/aromatic N) is 3. The number of urea groups is 1. The average molecular weight is 442 g/mol. The topological polar surface area (TPSA) is 88.9 Å². The van der Waals surface area contributed by atoms with Gasteiger partial charge in [0.05, 0.1) is 5.25 Å². The van der Waals surface area contributed by atoms with Crippen molar-refractivity contribution in [3.05, 3.63) is 60.4 Å². The molecule has 0 aliphatic heterocycles. The summed E-state index contributed by atoms with van der Waals surface area (Å²) in [5.41, 5.74) is 1.02. The zero-order chi connectivity index (χ0) is 22.6. The molecule has 2 N–H and O–H groups in total. The second-order valence-corrected chi connectivity index (χ2v) is 9.25. The maximum absolute atomic E-state index is 13.4. The zero-order valence-electron chi connectivity index (χ0n) is 17.7. The first kappa shape index (κ1) is 22.5. The first-order chi connectivity index (χ1) is 14.6. The van der Waals surface area contributed by atoms with Crippen LogP contribution in [0.4, 0.5) is 9.18 Å². The highest BCUT2D eigenvalue weighted by atomic mass is 32.2. The molecule has 3 aromatic rings. The maximum Gasteiger partial charge on any atom is 0.321 e. The van der Waals surface area contributed by atoms with E-state index >= 15 is 0 Å². The highest BCUT2D eigenvalue weighted by Gasteiger charge is 2.24. The summed E-state index contributed by atoms with van der Waals surface area (Å²) < 4.78 is 15.2. The number of nitrogens with one attached hydrogen (secondary N) is 2. The zero-order valence-corrected chi connectivity index (χ0v) is 18.5. The van der Waals surface area contributed by atoms with Gasteiger partial charge in [-0.25, -0.2) is 9.18 Å². The predicted molar refractivity (Wildman–Crippen MR) is 118 cm³/mol. The van der Waals surface area contributed by atoms with Crippen molar-refractivity contribution in [3.8, 4) is 17.1 Å². The van der Waals surface area contributed by atoms with E-state index in [1.54, 1.807) is 23.6 Å². The van der Waals surface area contributed by atoms with Crippen molar-refractivity contribution in [1.82, 2.24) is 25.4 Å². The van der Waals surface area contributed by atoms with E-state index in [-0.39, 0.29) is 5.82 Å². The summed E-state index contributed by atoms with van der Waals surface area (Å²) in [6.45, 7) is 7.17. The Morgan fingerprint density at radius 2 is 1.68 bits per heavy atom. The van der Waals surface area contributed by atoms with Crippen LogP contribution in [0, 0.1) is 5.82 Å². The van der Waals surface area contributed by atoms with Crippen molar-refractivity contribution in [2.45, 2.75) is 43.6 Å². The fourth-order valence-electron chi connectivity index (χ4n) is 2.74. The summed E-state index contributed by atoms with van der Waals surface area (Å²) in [7, 11) is 0. The van der Waals surface area contributed by atoms with Gasteiger partial charge in [-0.3, -0.25) is 14.7 Å². The highest BCUT2D eigenvalue weighted by molar-refractivity contribution is 8.00. The Hall–Kier alpha value is -3.20. The Balaban J connectivity index is 1.86. The molecule has 0 aliphatic rings. The van der Waals surface area contributed by atoms with E-state index in [0.29, 0.717) is 16.5 Å². The van der Waals surface area contributed by atoms with E-state index in [4.69, 9.17) is 0 Å². The molecule has 3 amide bonds. The molecule has 1 aromatic heterocycles. The molecule has 0 saturated carbocycles. The Labute approximate surface area is 184 Å². The van der Waals surface area contributed by atoms with E-state index < -0.39 is 22.7 Å². The normalized spacial score (nSPS) is 12.3. The molecule has 0 saturated heterocycles. The fourth-order valence-corrected chi connectivity index (χ4v) is 3.61. The van der Waals surface area contributed by atoms with Crippen LogP contribution in [0.15, 0.2) is 59.8 Å². The van der Waals surface area contributed by atoms with Crippen LogP contribution in [0.25, 0.3) is 17.1 Å². The van der Waals surface area contributed by atoms with Gasteiger partial charge >= 0.3 is 6.03 Å². The van der Waals surface area contributed by atoms with Crippen molar-refractivity contribution in [3.63, 3.8) is 0 Å². The van der Waals surface area contributed by atoms with Crippen LogP contribution in [0.5, 0.6) is 0 Å². The molecule has 0 fully saturated rings.